The van der Waals surface area contributed by atoms with Crippen LogP contribution >= 0.6 is 11.6 Å². The van der Waals surface area contributed by atoms with Crippen LogP contribution in [0.4, 0.5) is 4.79 Å². The van der Waals surface area contributed by atoms with Gasteiger partial charge < -0.3 is 4.74 Å². The van der Waals surface area contributed by atoms with Crippen molar-refractivity contribution in [2.24, 2.45) is 52.3 Å². The average molecular weight is 475 g/mol. The summed E-state index contributed by atoms with van der Waals surface area (Å²) >= 11 is 5.52. The zero-order chi connectivity index (χ0) is 24.0. The van der Waals surface area contributed by atoms with Crippen LogP contribution in [0.15, 0.2) is 23.8 Å². The van der Waals surface area contributed by atoms with Gasteiger partial charge in [-0.1, -0.05) is 65.3 Å². The summed E-state index contributed by atoms with van der Waals surface area (Å²) in [4.78, 5) is 11.3. The average Bonchev–Trinajstić information content (AvgIpc) is 3.11. The number of halogens is 1. The standard InChI is InChI=1S/C30H47ClO2/c1-7-21(19(2)3)9-8-20(4)25-12-13-26-24-11-10-22-18-23(33-28(31)32)14-16-29(22,5)27(24)15-17-30(25,26)6/h8-10,19-21,23-27H,7,11-18H2,1-6H3/b9-8-/t20-,21-,23-,24+,25-,26+,27+,29-,30+/m0/s1. The third-order valence-electron chi connectivity index (χ3n) is 11.0. The van der Waals surface area contributed by atoms with Gasteiger partial charge in [0.1, 0.15) is 6.10 Å². The molecular weight excluding hydrogens is 428 g/mol. The molecule has 0 unspecified atom stereocenters. The molecule has 3 heteroatoms. The van der Waals surface area contributed by atoms with Gasteiger partial charge in [-0.05, 0) is 104 Å². The summed E-state index contributed by atoms with van der Waals surface area (Å²) in [6.45, 7) is 14.7. The molecule has 3 saturated carbocycles. The zero-order valence-electron chi connectivity index (χ0n) is 21.9. The van der Waals surface area contributed by atoms with Gasteiger partial charge in [-0.3, -0.25) is 0 Å². The summed E-state index contributed by atoms with van der Waals surface area (Å²) in [6.07, 6.45) is 18.6. The van der Waals surface area contributed by atoms with E-state index in [1.807, 2.05) is 0 Å². The van der Waals surface area contributed by atoms with Crippen molar-refractivity contribution in [1.29, 1.82) is 0 Å². The minimum absolute atomic E-state index is 0.0268. The summed E-state index contributed by atoms with van der Waals surface area (Å²) in [7, 11) is 0. The summed E-state index contributed by atoms with van der Waals surface area (Å²) in [5.41, 5.74) is 1.67. The van der Waals surface area contributed by atoms with Crippen LogP contribution in [0, 0.1) is 52.3 Å². The van der Waals surface area contributed by atoms with Gasteiger partial charge in [0.25, 0.3) is 0 Å². The quantitative estimate of drug-likeness (QED) is 0.283. The Bertz CT molecular complexity index is 784. The van der Waals surface area contributed by atoms with Crippen LogP contribution in [0.3, 0.4) is 0 Å². The van der Waals surface area contributed by atoms with Crippen molar-refractivity contribution in [3.05, 3.63) is 23.8 Å². The Morgan fingerprint density at radius 3 is 2.55 bits per heavy atom. The number of rotatable bonds is 6. The Morgan fingerprint density at radius 2 is 1.88 bits per heavy atom. The first kappa shape index (κ1) is 25.3. The van der Waals surface area contributed by atoms with E-state index in [-0.39, 0.29) is 11.5 Å². The Morgan fingerprint density at radius 1 is 1.12 bits per heavy atom. The molecule has 0 aromatic heterocycles. The van der Waals surface area contributed by atoms with Crippen molar-refractivity contribution in [1.82, 2.24) is 0 Å². The molecule has 0 aromatic rings. The summed E-state index contributed by atoms with van der Waals surface area (Å²) in [5, 5.41) is 0. The maximum absolute atomic E-state index is 11.3. The number of carbonyl (C=O) groups excluding carboxylic acids is 1. The fourth-order valence-electron chi connectivity index (χ4n) is 9.05. The summed E-state index contributed by atoms with van der Waals surface area (Å²) < 4.78 is 5.39. The highest BCUT2D eigenvalue weighted by Crippen LogP contribution is 2.67. The van der Waals surface area contributed by atoms with E-state index in [1.54, 1.807) is 5.57 Å². The van der Waals surface area contributed by atoms with Crippen molar-refractivity contribution in [2.45, 2.75) is 105 Å². The number of carbonyl (C=O) groups is 1. The van der Waals surface area contributed by atoms with Gasteiger partial charge in [0.2, 0.25) is 0 Å². The fraction of sp³-hybridized carbons (Fsp3) is 0.833. The molecule has 0 radical (unpaired) electrons. The summed E-state index contributed by atoms with van der Waals surface area (Å²) in [6, 6.07) is 0. The van der Waals surface area contributed by atoms with E-state index in [1.165, 1.54) is 38.5 Å². The van der Waals surface area contributed by atoms with Gasteiger partial charge in [-0.15, -0.1) is 0 Å². The molecule has 4 aliphatic carbocycles. The van der Waals surface area contributed by atoms with Crippen LogP contribution in [-0.2, 0) is 4.74 Å². The first-order chi connectivity index (χ1) is 15.6. The minimum atomic E-state index is -0.648. The van der Waals surface area contributed by atoms with E-state index in [2.05, 4.69) is 59.8 Å². The number of hydrogen-bond acceptors (Lipinski definition) is 2. The van der Waals surface area contributed by atoms with E-state index in [0.29, 0.717) is 17.3 Å². The lowest BCUT2D eigenvalue weighted by Gasteiger charge is -2.58. The molecule has 0 heterocycles. The topological polar surface area (TPSA) is 26.3 Å². The molecule has 0 bridgehead atoms. The monoisotopic (exact) mass is 474 g/mol. The lowest BCUT2D eigenvalue weighted by Crippen LogP contribution is -2.51. The van der Waals surface area contributed by atoms with Crippen molar-refractivity contribution >= 4 is 17.0 Å². The largest absolute Gasteiger partial charge is 0.450 e. The van der Waals surface area contributed by atoms with Gasteiger partial charge in [0, 0.05) is 18.0 Å². The van der Waals surface area contributed by atoms with Crippen LogP contribution in [0.2, 0.25) is 0 Å². The van der Waals surface area contributed by atoms with Crippen molar-refractivity contribution in [3.63, 3.8) is 0 Å². The molecule has 0 aliphatic heterocycles. The van der Waals surface area contributed by atoms with Gasteiger partial charge in [0.05, 0.1) is 0 Å². The molecule has 0 aromatic carbocycles. The highest BCUT2D eigenvalue weighted by atomic mass is 35.5. The van der Waals surface area contributed by atoms with Crippen molar-refractivity contribution in [2.75, 3.05) is 0 Å². The number of allylic oxidation sites excluding steroid dienone is 3. The molecule has 0 amide bonds. The Hall–Kier alpha value is -0.760. The van der Waals surface area contributed by atoms with Crippen molar-refractivity contribution < 1.29 is 9.53 Å². The molecule has 0 saturated heterocycles. The van der Waals surface area contributed by atoms with E-state index >= 15 is 0 Å². The molecular formula is C30H47ClO2. The Kier molecular flexibility index (Phi) is 7.46. The molecule has 186 valence electrons. The summed E-state index contributed by atoms with van der Waals surface area (Å²) in [5.74, 6) is 5.41. The van der Waals surface area contributed by atoms with E-state index in [0.717, 1.165) is 48.9 Å². The smallest absolute Gasteiger partial charge is 0.404 e. The van der Waals surface area contributed by atoms with Crippen LogP contribution < -0.4 is 0 Å². The fourth-order valence-corrected chi connectivity index (χ4v) is 9.17. The second-order valence-corrected chi connectivity index (χ2v) is 13.1. The van der Waals surface area contributed by atoms with Crippen LogP contribution in [0.1, 0.15) is 99.3 Å². The number of ether oxygens (including phenoxy) is 1. The van der Waals surface area contributed by atoms with Crippen LogP contribution in [0.5, 0.6) is 0 Å². The lowest BCUT2D eigenvalue weighted by atomic mass is 9.47. The third kappa shape index (κ3) is 4.60. The van der Waals surface area contributed by atoms with Gasteiger partial charge in [-0.25, -0.2) is 4.79 Å². The first-order valence-corrected chi connectivity index (χ1v) is 14.2. The third-order valence-corrected chi connectivity index (χ3v) is 11.1. The highest BCUT2D eigenvalue weighted by Gasteiger charge is 2.59. The SMILES string of the molecule is CC[C@@H](/C=C\[C@H](C)[C@@H]1CC[C@@H]2[C@H]3CC=C4C[C@@H](OC(=O)Cl)CC[C@]4(C)[C@@H]3CC[C@@]21C)C(C)C. The van der Waals surface area contributed by atoms with Crippen molar-refractivity contribution in [3.8, 4) is 0 Å². The molecule has 4 aliphatic rings. The minimum Gasteiger partial charge on any atom is -0.450 e. The predicted molar refractivity (Wildman–Crippen MR) is 138 cm³/mol. The molecule has 9 atom stereocenters. The molecule has 4 rings (SSSR count). The maximum Gasteiger partial charge on any atom is 0.404 e. The van der Waals surface area contributed by atoms with Crippen LogP contribution in [0.25, 0.3) is 0 Å². The first-order valence-electron chi connectivity index (χ1n) is 13.8. The second-order valence-electron chi connectivity index (χ2n) is 12.8. The molecule has 3 fully saturated rings. The number of hydrogen-bond donors (Lipinski definition) is 0. The van der Waals surface area contributed by atoms with E-state index in [9.17, 15) is 4.79 Å². The molecule has 2 nitrogen and oxygen atoms in total. The highest BCUT2D eigenvalue weighted by molar-refractivity contribution is 6.61. The Labute approximate surface area is 207 Å². The lowest BCUT2D eigenvalue weighted by molar-refractivity contribution is -0.0541. The molecule has 0 N–H and O–H groups in total. The van der Waals surface area contributed by atoms with E-state index in [4.69, 9.17) is 16.3 Å². The second kappa shape index (κ2) is 9.71. The maximum atomic E-state index is 11.3. The van der Waals surface area contributed by atoms with Gasteiger partial charge in [0.15, 0.2) is 0 Å². The van der Waals surface area contributed by atoms with Gasteiger partial charge >= 0.3 is 5.43 Å². The zero-order valence-corrected chi connectivity index (χ0v) is 22.7. The normalized spacial score (nSPS) is 42.3. The Balaban J connectivity index is 1.49. The number of fused-ring (bicyclic) bond motifs is 5. The van der Waals surface area contributed by atoms with E-state index < -0.39 is 5.43 Å². The van der Waals surface area contributed by atoms with Gasteiger partial charge in [-0.2, -0.15) is 0 Å². The molecule has 33 heavy (non-hydrogen) atoms. The van der Waals surface area contributed by atoms with Crippen LogP contribution in [-0.4, -0.2) is 11.5 Å². The molecule has 0 spiro atoms. The predicted octanol–water partition coefficient (Wildman–Crippen LogP) is 9.18.